The molecule has 0 aliphatic heterocycles. The molecule has 6 nitrogen and oxygen atoms in total. The van der Waals surface area contributed by atoms with Gasteiger partial charge in [0.25, 0.3) is 0 Å². The molecular formula is C14H25N5O. The van der Waals surface area contributed by atoms with Gasteiger partial charge in [0.2, 0.25) is 11.9 Å². The van der Waals surface area contributed by atoms with E-state index in [1.54, 1.807) is 6.20 Å². The summed E-state index contributed by atoms with van der Waals surface area (Å²) >= 11 is 0. The molecule has 0 aliphatic rings. The molecule has 3 N–H and O–H groups in total. The zero-order valence-electron chi connectivity index (χ0n) is 12.9. The zero-order valence-corrected chi connectivity index (χ0v) is 12.9. The van der Waals surface area contributed by atoms with Crippen LogP contribution in [0, 0.1) is 12.8 Å². The molecule has 1 amide bonds. The first-order valence-electron chi connectivity index (χ1n) is 7.05. The Morgan fingerprint density at radius 2 is 2.05 bits per heavy atom. The summed E-state index contributed by atoms with van der Waals surface area (Å²) < 4.78 is 0. The van der Waals surface area contributed by atoms with Crippen LogP contribution in [-0.4, -0.2) is 35.0 Å². The van der Waals surface area contributed by atoms with E-state index < -0.39 is 0 Å². The van der Waals surface area contributed by atoms with Gasteiger partial charge >= 0.3 is 0 Å². The van der Waals surface area contributed by atoms with Gasteiger partial charge in [0, 0.05) is 24.8 Å². The molecular weight excluding hydrogens is 254 g/mol. The monoisotopic (exact) mass is 279 g/mol. The maximum Gasteiger partial charge on any atom is 0.242 e. The van der Waals surface area contributed by atoms with Gasteiger partial charge in [0.05, 0.1) is 0 Å². The number of aromatic nitrogens is 2. The number of aryl methyl sites for hydroxylation is 1. The van der Waals surface area contributed by atoms with E-state index in [0.717, 1.165) is 12.1 Å². The third-order valence-electron chi connectivity index (χ3n) is 2.74. The van der Waals surface area contributed by atoms with E-state index in [0.29, 0.717) is 24.2 Å². The number of rotatable bonds is 7. The molecule has 0 aromatic carbocycles. The SMILES string of the molecule is CCNc1ncc(C)c(NC(C)C(=O)NCC(C)C)n1. The normalized spacial score (nSPS) is 12.1. The molecule has 1 unspecified atom stereocenters. The van der Waals surface area contributed by atoms with Crippen LogP contribution in [0.15, 0.2) is 6.20 Å². The molecule has 20 heavy (non-hydrogen) atoms. The Morgan fingerprint density at radius 1 is 1.35 bits per heavy atom. The van der Waals surface area contributed by atoms with Crippen LogP contribution < -0.4 is 16.0 Å². The zero-order chi connectivity index (χ0) is 15.1. The summed E-state index contributed by atoms with van der Waals surface area (Å²) in [6, 6.07) is -0.336. The van der Waals surface area contributed by atoms with Crippen molar-refractivity contribution in [3.05, 3.63) is 11.8 Å². The molecule has 0 aliphatic carbocycles. The Morgan fingerprint density at radius 3 is 2.65 bits per heavy atom. The fourth-order valence-electron chi connectivity index (χ4n) is 1.56. The molecule has 112 valence electrons. The highest BCUT2D eigenvalue weighted by atomic mass is 16.2. The number of carbonyl (C=O) groups excluding carboxylic acids is 1. The second-order valence-electron chi connectivity index (χ2n) is 5.26. The summed E-state index contributed by atoms with van der Waals surface area (Å²) in [6.07, 6.45) is 1.74. The van der Waals surface area contributed by atoms with E-state index in [1.165, 1.54) is 0 Å². The highest BCUT2D eigenvalue weighted by Gasteiger charge is 2.14. The van der Waals surface area contributed by atoms with Crippen molar-refractivity contribution in [1.82, 2.24) is 15.3 Å². The van der Waals surface area contributed by atoms with Gasteiger partial charge in [-0.3, -0.25) is 4.79 Å². The molecule has 1 aromatic heterocycles. The van der Waals surface area contributed by atoms with Gasteiger partial charge in [-0.25, -0.2) is 4.98 Å². The van der Waals surface area contributed by atoms with E-state index in [4.69, 9.17) is 0 Å². The molecule has 1 rings (SSSR count). The Labute approximate surface area is 120 Å². The summed E-state index contributed by atoms with van der Waals surface area (Å²) in [4.78, 5) is 20.5. The third kappa shape index (κ3) is 5.03. The van der Waals surface area contributed by atoms with E-state index in [-0.39, 0.29) is 11.9 Å². The lowest BCUT2D eigenvalue weighted by Crippen LogP contribution is -2.39. The fraction of sp³-hybridized carbons (Fsp3) is 0.643. The van der Waals surface area contributed by atoms with Crippen LogP contribution in [0.4, 0.5) is 11.8 Å². The average molecular weight is 279 g/mol. The summed E-state index contributed by atoms with van der Waals surface area (Å²) in [5.41, 5.74) is 0.912. The summed E-state index contributed by atoms with van der Waals surface area (Å²) in [6.45, 7) is 11.3. The number of nitrogens with zero attached hydrogens (tertiary/aromatic N) is 2. The van der Waals surface area contributed by atoms with Crippen LogP contribution in [0.1, 0.15) is 33.3 Å². The van der Waals surface area contributed by atoms with Crippen molar-refractivity contribution in [3.8, 4) is 0 Å². The minimum absolute atomic E-state index is 0.0262. The summed E-state index contributed by atoms with van der Waals surface area (Å²) in [5.74, 6) is 1.66. The van der Waals surface area contributed by atoms with Gasteiger partial charge in [-0.1, -0.05) is 13.8 Å². The predicted octanol–water partition coefficient (Wildman–Crippen LogP) is 1.79. The van der Waals surface area contributed by atoms with E-state index in [2.05, 4.69) is 39.8 Å². The number of hydrogen-bond acceptors (Lipinski definition) is 5. The van der Waals surface area contributed by atoms with Crippen LogP contribution in [0.3, 0.4) is 0 Å². The lowest BCUT2D eigenvalue weighted by molar-refractivity contribution is -0.121. The topological polar surface area (TPSA) is 78.9 Å². The van der Waals surface area contributed by atoms with Crippen molar-refractivity contribution in [3.63, 3.8) is 0 Å². The maximum atomic E-state index is 11.9. The molecule has 0 saturated carbocycles. The Balaban J connectivity index is 2.66. The van der Waals surface area contributed by atoms with Crippen molar-refractivity contribution in [2.45, 2.75) is 40.7 Å². The standard InChI is InChI=1S/C14H25N5O/c1-6-15-14-17-8-10(4)12(19-14)18-11(5)13(20)16-7-9(2)3/h8-9,11H,6-7H2,1-5H3,(H,16,20)(H2,15,17,18,19). The Bertz CT molecular complexity index is 447. The fourth-order valence-corrected chi connectivity index (χ4v) is 1.56. The van der Waals surface area contributed by atoms with Crippen LogP contribution in [-0.2, 0) is 4.79 Å². The first-order chi connectivity index (χ1) is 9.43. The summed E-state index contributed by atoms with van der Waals surface area (Å²) in [7, 11) is 0. The molecule has 0 radical (unpaired) electrons. The predicted molar refractivity (Wildman–Crippen MR) is 81.9 cm³/mol. The molecule has 1 heterocycles. The molecule has 1 atom stereocenters. The first kappa shape index (κ1) is 16.2. The second kappa shape index (κ2) is 7.67. The number of amides is 1. The van der Waals surface area contributed by atoms with Crippen molar-refractivity contribution in [2.24, 2.45) is 5.92 Å². The highest BCUT2D eigenvalue weighted by molar-refractivity contribution is 5.84. The van der Waals surface area contributed by atoms with Gasteiger partial charge in [-0.2, -0.15) is 4.98 Å². The minimum Gasteiger partial charge on any atom is -0.358 e. The van der Waals surface area contributed by atoms with Gasteiger partial charge in [0.1, 0.15) is 11.9 Å². The molecule has 0 fully saturated rings. The van der Waals surface area contributed by atoms with Gasteiger partial charge < -0.3 is 16.0 Å². The third-order valence-corrected chi connectivity index (χ3v) is 2.74. The number of anilines is 2. The lowest BCUT2D eigenvalue weighted by Gasteiger charge is -2.17. The highest BCUT2D eigenvalue weighted by Crippen LogP contribution is 2.13. The first-order valence-corrected chi connectivity index (χ1v) is 7.05. The maximum absolute atomic E-state index is 11.9. The molecule has 0 bridgehead atoms. The van der Waals surface area contributed by atoms with Gasteiger partial charge in [0.15, 0.2) is 0 Å². The van der Waals surface area contributed by atoms with Crippen molar-refractivity contribution in [1.29, 1.82) is 0 Å². The average Bonchev–Trinajstić information content (AvgIpc) is 2.40. The van der Waals surface area contributed by atoms with Crippen LogP contribution in [0.5, 0.6) is 0 Å². The van der Waals surface area contributed by atoms with E-state index in [1.807, 2.05) is 20.8 Å². The van der Waals surface area contributed by atoms with Crippen LogP contribution in [0.2, 0.25) is 0 Å². The molecule has 0 saturated heterocycles. The molecule has 0 spiro atoms. The quantitative estimate of drug-likeness (QED) is 0.709. The number of carbonyl (C=O) groups is 1. The smallest absolute Gasteiger partial charge is 0.242 e. The van der Waals surface area contributed by atoms with Crippen molar-refractivity contribution >= 4 is 17.7 Å². The molecule has 1 aromatic rings. The van der Waals surface area contributed by atoms with Crippen LogP contribution >= 0.6 is 0 Å². The number of nitrogens with one attached hydrogen (secondary N) is 3. The Hall–Kier alpha value is -1.85. The number of hydrogen-bond donors (Lipinski definition) is 3. The summed E-state index contributed by atoms with van der Waals surface area (Å²) in [5, 5.41) is 9.09. The van der Waals surface area contributed by atoms with Gasteiger partial charge in [-0.15, -0.1) is 0 Å². The lowest BCUT2D eigenvalue weighted by atomic mass is 10.2. The minimum atomic E-state index is -0.336. The van der Waals surface area contributed by atoms with E-state index in [9.17, 15) is 4.79 Å². The van der Waals surface area contributed by atoms with Crippen molar-refractivity contribution in [2.75, 3.05) is 23.7 Å². The van der Waals surface area contributed by atoms with E-state index >= 15 is 0 Å². The Kier molecular flexibility index (Phi) is 6.21. The van der Waals surface area contributed by atoms with Crippen LogP contribution in [0.25, 0.3) is 0 Å². The second-order valence-corrected chi connectivity index (χ2v) is 5.26. The van der Waals surface area contributed by atoms with Crippen molar-refractivity contribution < 1.29 is 4.79 Å². The largest absolute Gasteiger partial charge is 0.358 e. The van der Waals surface area contributed by atoms with Gasteiger partial charge in [-0.05, 0) is 26.7 Å². The molecule has 6 heteroatoms.